The number of hydrogen-bond acceptors (Lipinski definition) is 5. The fraction of sp³-hybridized carbons (Fsp3) is 0.333. The van der Waals surface area contributed by atoms with Gasteiger partial charge in [0.2, 0.25) is 0 Å². The molecule has 2 rings (SSSR count). The molecule has 0 amide bonds. The van der Waals surface area contributed by atoms with Crippen LogP contribution in [0.4, 0.5) is 0 Å². The number of aromatic nitrogens is 1. The molecule has 0 aliphatic carbocycles. The van der Waals surface area contributed by atoms with Gasteiger partial charge >= 0.3 is 0 Å². The Morgan fingerprint density at radius 3 is 2.80 bits per heavy atom. The third-order valence-corrected chi connectivity index (χ3v) is 3.80. The van der Waals surface area contributed by atoms with Crippen LogP contribution < -0.4 is 9.47 Å². The number of ether oxygens (including phenoxy) is 2. The van der Waals surface area contributed by atoms with Crippen LogP contribution in [0.3, 0.4) is 0 Å². The zero-order chi connectivity index (χ0) is 14.4. The molecule has 0 saturated carbocycles. The lowest BCUT2D eigenvalue weighted by atomic mass is 10.2. The highest BCUT2D eigenvalue weighted by atomic mass is 32.1. The van der Waals surface area contributed by atoms with E-state index in [2.05, 4.69) is 11.1 Å². The van der Waals surface area contributed by atoms with Gasteiger partial charge in [-0.15, -0.1) is 11.3 Å². The highest BCUT2D eigenvalue weighted by molar-refractivity contribution is 7.09. The number of aryl methyl sites for hydroxylation is 1. The van der Waals surface area contributed by atoms with Crippen molar-refractivity contribution in [3.8, 4) is 17.6 Å². The minimum absolute atomic E-state index is 0.541. The van der Waals surface area contributed by atoms with Gasteiger partial charge in [0.1, 0.15) is 0 Å². The minimum atomic E-state index is 0.541. The fourth-order valence-electron chi connectivity index (χ4n) is 1.78. The summed E-state index contributed by atoms with van der Waals surface area (Å²) in [5, 5.41) is 8.90. The second-order valence-electron chi connectivity index (χ2n) is 4.17. The van der Waals surface area contributed by atoms with Crippen molar-refractivity contribution in [2.75, 3.05) is 13.2 Å². The van der Waals surface area contributed by atoms with E-state index in [1.807, 2.05) is 19.4 Å². The number of hydrogen-bond donors (Lipinski definition) is 0. The summed E-state index contributed by atoms with van der Waals surface area (Å²) in [5.74, 6) is 1.29. The largest absolute Gasteiger partial charge is 0.490 e. The molecular weight excluding hydrogens is 272 g/mol. The molecule has 0 saturated heterocycles. The summed E-state index contributed by atoms with van der Waals surface area (Å²) in [6, 6.07) is 7.31. The minimum Gasteiger partial charge on any atom is -0.490 e. The summed E-state index contributed by atoms with van der Waals surface area (Å²) in [4.78, 5) is 5.45. The number of nitrogens with zero attached hydrogens (tertiary/aromatic N) is 2. The summed E-state index contributed by atoms with van der Waals surface area (Å²) in [5.41, 5.74) is 3.47. The standard InChI is InChI=1S/C15H16N2O2S/c1-3-18-14-8-12(9-16)4-5-13(14)19-7-6-15-11(2)17-10-20-15/h4-5,8,10H,3,6-7H2,1-2H3. The average molecular weight is 288 g/mol. The number of thiazole rings is 1. The van der Waals surface area contributed by atoms with Crippen molar-refractivity contribution in [3.05, 3.63) is 39.8 Å². The first kappa shape index (κ1) is 14.4. The number of rotatable bonds is 6. The Morgan fingerprint density at radius 2 is 2.15 bits per heavy atom. The zero-order valence-corrected chi connectivity index (χ0v) is 12.4. The van der Waals surface area contributed by atoms with Crippen LogP contribution in [-0.4, -0.2) is 18.2 Å². The Bertz CT molecular complexity index is 617. The van der Waals surface area contributed by atoms with Crippen LogP contribution in [0.15, 0.2) is 23.7 Å². The van der Waals surface area contributed by atoms with Crippen LogP contribution in [0, 0.1) is 18.3 Å². The third-order valence-electron chi connectivity index (χ3n) is 2.80. The van der Waals surface area contributed by atoms with E-state index in [1.54, 1.807) is 29.5 Å². The van der Waals surface area contributed by atoms with E-state index in [0.29, 0.717) is 30.3 Å². The van der Waals surface area contributed by atoms with E-state index in [-0.39, 0.29) is 0 Å². The maximum absolute atomic E-state index is 8.90. The Kier molecular flexibility index (Phi) is 4.97. The van der Waals surface area contributed by atoms with E-state index < -0.39 is 0 Å². The van der Waals surface area contributed by atoms with Gasteiger partial charge in [-0.05, 0) is 26.0 Å². The first-order valence-electron chi connectivity index (χ1n) is 6.43. The maximum Gasteiger partial charge on any atom is 0.162 e. The maximum atomic E-state index is 8.90. The molecule has 5 heteroatoms. The predicted molar refractivity (Wildman–Crippen MR) is 78.4 cm³/mol. The van der Waals surface area contributed by atoms with E-state index >= 15 is 0 Å². The molecule has 20 heavy (non-hydrogen) atoms. The molecule has 0 bridgehead atoms. The second kappa shape index (κ2) is 6.92. The second-order valence-corrected chi connectivity index (χ2v) is 5.11. The smallest absolute Gasteiger partial charge is 0.162 e. The van der Waals surface area contributed by atoms with Crippen molar-refractivity contribution in [2.45, 2.75) is 20.3 Å². The van der Waals surface area contributed by atoms with E-state index in [1.165, 1.54) is 4.88 Å². The van der Waals surface area contributed by atoms with Crippen LogP contribution in [-0.2, 0) is 6.42 Å². The average Bonchev–Trinajstić information content (AvgIpc) is 2.86. The highest BCUT2D eigenvalue weighted by Crippen LogP contribution is 2.28. The zero-order valence-electron chi connectivity index (χ0n) is 11.5. The molecule has 1 heterocycles. The predicted octanol–water partition coefficient (Wildman–Crippen LogP) is 3.34. The first-order valence-corrected chi connectivity index (χ1v) is 7.31. The topological polar surface area (TPSA) is 55.1 Å². The summed E-state index contributed by atoms with van der Waals surface area (Å²) in [6.45, 7) is 5.01. The van der Waals surface area contributed by atoms with Crippen molar-refractivity contribution in [3.63, 3.8) is 0 Å². The van der Waals surface area contributed by atoms with Crippen LogP contribution in [0.2, 0.25) is 0 Å². The molecule has 0 atom stereocenters. The van der Waals surface area contributed by atoms with Gasteiger partial charge in [-0.3, -0.25) is 0 Å². The summed E-state index contributed by atoms with van der Waals surface area (Å²) >= 11 is 1.64. The van der Waals surface area contributed by atoms with Crippen LogP contribution in [0.25, 0.3) is 0 Å². The highest BCUT2D eigenvalue weighted by Gasteiger charge is 2.07. The molecule has 0 unspecified atom stereocenters. The van der Waals surface area contributed by atoms with E-state index in [0.717, 1.165) is 12.1 Å². The monoisotopic (exact) mass is 288 g/mol. The van der Waals surface area contributed by atoms with E-state index in [4.69, 9.17) is 14.7 Å². The normalized spacial score (nSPS) is 10.1. The number of nitriles is 1. The Labute approximate surface area is 122 Å². The molecule has 0 spiro atoms. The van der Waals surface area contributed by atoms with Gasteiger partial charge in [0.15, 0.2) is 11.5 Å². The van der Waals surface area contributed by atoms with Gasteiger partial charge in [-0.1, -0.05) is 0 Å². The quantitative estimate of drug-likeness (QED) is 0.818. The molecule has 0 aliphatic heterocycles. The van der Waals surface area contributed by atoms with Gasteiger partial charge in [0.05, 0.1) is 36.1 Å². The summed E-state index contributed by atoms with van der Waals surface area (Å²) < 4.78 is 11.3. The molecule has 4 nitrogen and oxygen atoms in total. The molecule has 1 aromatic carbocycles. The molecule has 0 radical (unpaired) electrons. The molecule has 2 aromatic rings. The van der Waals surface area contributed by atoms with Gasteiger partial charge < -0.3 is 9.47 Å². The van der Waals surface area contributed by atoms with Gasteiger partial charge in [0.25, 0.3) is 0 Å². The summed E-state index contributed by atoms with van der Waals surface area (Å²) in [6.07, 6.45) is 0.821. The summed E-state index contributed by atoms with van der Waals surface area (Å²) in [7, 11) is 0. The van der Waals surface area contributed by atoms with Crippen LogP contribution in [0.5, 0.6) is 11.5 Å². The fourth-order valence-corrected chi connectivity index (χ4v) is 2.55. The molecular formula is C15H16N2O2S. The van der Waals surface area contributed by atoms with E-state index in [9.17, 15) is 0 Å². The van der Waals surface area contributed by atoms with Crippen molar-refractivity contribution < 1.29 is 9.47 Å². The van der Waals surface area contributed by atoms with Crippen LogP contribution in [0.1, 0.15) is 23.1 Å². The van der Waals surface area contributed by atoms with Gasteiger partial charge in [0, 0.05) is 17.4 Å². The van der Waals surface area contributed by atoms with Crippen molar-refractivity contribution in [1.29, 1.82) is 5.26 Å². The van der Waals surface area contributed by atoms with Crippen molar-refractivity contribution >= 4 is 11.3 Å². The molecule has 0 fully saturated rings. The third kappa shape index (κ3) is 3.49. The Balaban J connectivity index is 2.01. The van der Waals surface area contributed by atoms with Crippen LogP contribution >= 0.6 is 11.3 Å². The Hall–Kier alpha value is -2.06. The lowest BCUT2D eigenvalue weighted by Crippen LogP contribution is -2.03. The lowest BCUT2D eigenvalue weighted by molar-refractivity contribution is 0.279. The van der Waals surface area contributed by atoms with Crippen molar-refractivity contribution in [1.82, 2.24) is 4.98 Å². The Morgan fingerprint density at radius 1 is 1.30 bits per heavy atom. The molecule has 104 valence electrons. The number of benzene rings is 1. The lowest BCUT2D eigenvalue weighted by Gasteiger charge is -2.11. The van der Waals surface area contributed by atoms with Gasteiger partial charge in [-0.2, -0.15) is 5.26 Å². The SMILES string of the molecule is CCOc1cc(C#N)ccc1OCCc1scnc1C. The molecule has 0 N–H and O–H groups in total. The van der Waals surface area contributed by atoms with Gasteiger partial charge in [-0.25, -0.2) is 4.98 Å². The molecule has 1 aromatic heterocycles. The first-order chi connectivity index (χ1) is 9.74. The molecule has 0 aliphatic rings. The van der Waals surface area contributed by atoms with Crippen molar-refractivity contribution in [2.24, 2.45) is 0 Å².